The lowest BCUT2D eigenvalue weighted by Crippen LogP contribution is -2.50. The van der Waals surface area contributed by atoms with E-state index in [0.29, 0.717) is 6.04 Å². The second kappa shape index (κ2) is 7.04. The van der Waals surface area contributed by atoms with Crippen LogP contribution in [0, 0.1) is 5.82 Å². The van der Waals surface area contributed by atoms with Crippen LogP contribution in [-0.2, 0) is 6.54 Å². The Labute approximate surface area is 121 Å². The molecule has 1 aliphatic rings. The van der Waals surface area contributed by atoms with E-state index in [-0.39, 0.29) is 5.82 Å². The van der Waals surface area contributed by atoms with Gasteiger partial charge in [-0.15, -0.1) is 0 Å². The Morgan fingerprint density at radius 2 is 2.10 bits per heavy atom. The van der Waals surface area contributed by atoms with E-state index < -0.39 is 0 Å². The predicted molar refractivity (Wildman–Crippen MR) is 82.7 cm³/mol. The van der Waals surface area contributed by atoms with Gasteiger partial charge in [-0.25, -0.2) is 4.39 Å². The third-order valence-electron chi connectivity index (χ3n) is 4.02. The van der Waals surface area contributed by atoms with Gasteiger partial charge in [0.05, 0.1) is 0 Å². The van der Waals surface area contributed by atoms with Crippen LogP contribution in [0.2, 0.25) is 0 Å². The van der Waals surface area contributed by atoms with Crippen molar-refractivity contribution in [3.8, 4) is 0 Å². The number of hydrogen-bond acceptors (Lipinski definition) is 3. The van der Waals surface area contributed by atoms with E-state index in [9.17, 15) is 4.39 Å². The second-order valence-corrected chi connectivity index (χ2v) is 5.77. The van der Waals surface area contributed by atoms with Gasteiger partial charge >= 0.3 is 0 Å². The molecule has 2 rings (SSSR count). The molecule has 0 amide bonds. The molecule has 0 aliphatic carbocycles. The van der Waals surface area contributed by atoms with Gasteiger partial charge < -0.3 is 15.1 Å². The van der Waals surface area contributed by atoms with Gasteiger partial charge in [-0.2, -0.15) is 0 Å². The van der Waals surface area contributed by atoms with Gasteiger partial charge in [-0.3, -0.25) is 0 Å². The maximum atomic E-state index is 13.8. The highest BCUT2D eigenvalue weighted by atomic mass is 19.1. The van der Waals surface area contributed by atoms with Crippen molar-refractivity contribution >= 4 is 5.69 Å². The van der Waals surface area contributed by atoms with E-state index in [1.165, 1.54) is 0 Å². The maximum Gasteiger partial charge on any atom is 0.125 e. The van der Waals surface area contributed by atoms with Crippen LogP contribution in [0.25, 0.3) is 0 Å². The Bertz CT molecular complexity index is 436. The molecule has 1 N–H and O–H groups in total. The molecular formula is C16H26FN3. The van der Waals surface area contributed by atoms with Crippen LogP contribution in [0.1, 0.15) is 25.8 Å². The Balaban J connectivity index is 2.07. The van der Waals surface area contributed by atoms with Crippen molar-refractivity contribution in [2.45, 2.75) is 32.9 Å². The summed E-state index contributed by atoms with van der Waals surface area (Å²) in [5.41, 5.74) is 2.04. The highest BCUT2D eigenvalue weighted by Gasteiger charge is 2.21. The predicted octanol–water partition coefficient (Wildman–Crippen LogP) is 2.47. The average Bonchev–Trinajstić information content (AvgIpc) is 2.41. The summed E-state index contributed by atoms with van der Waals surface area (Å²) in [4.78, 5) is 4.64. The van der Waals surface area contributed by atoms with Crippen LogP contribution in [0.15, 0.2) is 18.2 Å². The third-order valence-corrected chi connectivity index (χ3v) is 4.02. The quantitative estimate of drug-likeness (QED) is 0.835. The summed E-state index contributed by atoms with van der Waals surface area (Å²) in [6.07, 6.45) is 1.10. The van der Waals surface area contributed by atoms with Gasteiger partial charge in [0, 0.05) is 37.9 Å². The fourth-order valence-electron chi connectivity index (χ4n) is 2.61. The molecule has 20 heavy (non-hydrogen) atoms. The van der Waals surface area contributed by atoms with Crippen LogP contribution in [-0.4, -0.2) is 44.2 Å². The number of rotatable bonds is 5. The summed E-state index contributed by atoms with van der Waals surface area (Å²) in [5.74, 6) is -0.137. The van der Waals surface area contributed by atoms with Crippen LogP contribution in [0.5, 0.6) is 0 Å². The Morgan fingerprint density at radius 1 is 1.30 bits per heavy atom. The molecular weight excluding hydrogens is 253 g/mol. The standard InChI is InChI=1S/C16H26FN3/c1-4-5-18-11-14-8-15(17)10-16(9-14)20-7-6-19(3)13(2)12-20/h8-10,13,18H,4-7,11-12H2,1-3H3. The zero-order valence-electron chi connectivity index (χ0n) is 12.8. The van der Waals surface area contributed by atoms with Gasteiger partial charge in [0.15, 0.2) is 0 Å². The van der Waals surface area contributed by atoms with E-state index in [4.69, 9.17) is 0 Å². The molecule has 1 saturated heterocycles. The summed E-state index contributed by atoms with van der Waals surface area (Å²) in [6.45, 7) is 9.01. The number of likely N-dealkylation sites (N-methyl/N-ethyl adjacent to an activating group) is 1. The molecule has 3 nitrogen and oxygen atoms in total. The topological polar surface area (TPSA) is 18.5 Å². The van der Waals surface area contributed by atoms with E-state index >= 15 is 0 Å². The molecule has 0 saturated carbocycles. The number of anilines is 1. The van der Waals surface area contributed by atoms with E-state index in [0.717, 1.165) is 50.4 Å². The van der Waals surface area contributed by atoms with Crippen molar-refractivity contribution in [1.82, 2.24) is 10.2 Å². The number of nitrogens with one attached hydrogen (secondary N) is 1. The summed E-state index contributed by atoms with van der Waals surface area (Å²) in [7, 11) is 2.15. The van der Waals surface area contributed by atoms with Crippen molar-refractivity contribution in [2.75, 3.05) is 38.1 Å². The lowest BCUT2D eigenvalue weighted by Gasteiger charge is -2.39. The van der Waals surface area contributed by atoms with Gasteiger partial charge in [0.25, 0.3) is 0 Å². The van der Waals surface area contributed by atoms with Gasteiger partial charge in [0.1, 0.15) is 5.82 Å². The number of halogens is 1. The fraction of sp³-hybridized carbons (Fsp3) is 0.625. The normalized spacial score (nSPS) is 20.4. The Hall–Kier alpha value is -1.13. The molecule has 112 valence electrons. The first-order valence-corrected chi connectivity index (χ1v) is 7.55. The Kier molecular flexibility index (Phi) is 5.38. The molecule has 0 bridgehead atoms. The van der Waals surface area contributed by atoms with Gasteiger partial charge in [-0.05, 0) is 50.7 Å². The first kappa shape index (κ1) is 15.3. The molecule has 4 heteroatoms. The number of hydrogen-bond donors (Lipinski definition) is 1. The monoisotopic (exact) mass is 279 g/mol. The van der Waals surface area contributed by atoms with Crippen molar-refractivity contribution in [3.63, 3.8) is 0 Å². The summed E-state index contributed by atoms with van der Waals surface area (Å²) >= 11 is 0. The summed E-state index contributed by atoms with van der Waals surface area (Å²) < 4.78 is 13.8. The highest BCUT2D eigenvalue weighted by Crippen LogP contribution is 2.21. The highest BCUT2D eigenvalue weighted by molar-refractivity contribution is 5.49. The molecule has 1 aromatic carbocycles. The molecule has 0 aromatic heterocycles. The molecule has 1 heterocycles. The second-order valence-electron chi connectivity index (χ2n) is 5.77. The first-order valence-electron chi connectivity index (χ1n) is 7.55. The Morgan fingerprint density at radius 3 is 2.80 bits per heavy atom. The zero-order valence-corrected chi connectivity index (χ0v) is 12.8. The minimum Gasteiger partial charge on any atom is -0.369 e. The SMILES string of the molecule is CCCNCc1cc(F)cc(N2CCN(C)C(C)C2)c1. The lowest BCUT2D eigenvalue weighted by atomic mass is 10.1. The minimum absolute atomic E-state index is 0.137. The van der Waals surface area contributed by atoms with Gasteiger partial charge in [0.2, 0.25) is 0 Å². The maximum absolute atomic E-state index is 13.8. The van der Waals surface area contributed by atoms with Crippen LogP contribution in [0.4, 0.5) is 10.1 Å². The molecule has 1 aromatic rings. The smallest absolute Gasteiger partial charge is 0.125 e. The first-order chi connectivity index (χ1) is 9.60. The van der Waals surface area contributed by atoms with Crippen LogP contribution < -0.4 is 10.2 Å². The van der Waals surface area contributed by atoms with Crippen molar-refractivity contribution in [2.24, 2.45) is 0 Å². The molecule has 1 fully saturated rings. The largest absolute Gasteiger partial charge is 0.369 e. The van der Waals surface area contributed by atoms with Crippen LogP contribution in [0.3, 0.4) is 0 Å². The number of benzene rings is 1. The molecule has 0 radical (unpaired) electrons. The molecule has 1 atom stereocenters. The van der Waals surface area contributed by atoms with Gasteiger partial charge in [-0.1, -0.05) is 6.92 Å². The molecule has 1 aliphatic heterocycles. The van der Waals surface area contributed by atoms with Crippen molar-refractivity contribution in [3.05, 3.63) is 29.6 Å². The zero-order chi connectivity index (χ0) is 14.5. The lowest BCUT2D eigenvalue weighted by molar-refractivity contribution is 0.234. The van der Waals surface area contributed by atoms with Crippen molar-refractivity contribution in [1.29, 1.82) is 0 Å². The molecule has 0 spiro atoms. The minimum atomic E-state index is -0.137. The molecule has 1 unspecified atom stereocenters. The third kappa shape index (κ3) is 3.93. The fourth-order valence-corrected chi connectivity index (χ4v) is 2.61. The average molecular weight is 279 g/mol. The number of piperazine rings is 1. The van der Waals surface area contributed by atoms with Crippen LogP contribution >= 0.6 is 0 Å². The number of nitrogens with zero attached hydrogens (tertiary/aromatic N) is 2. The van der Waals surface area contributed by atoms with E-state index in [1.807, 2.05) is 0 Å². The summed E-state index contributed by atoms with van der Waals surface area (Å²) in [5, 5.41) is 3.33. The van der Waals surface area contributed by atoms with E-state index in [2.05, 4.69) is 42.1 Å². The summed E-state index contributed by atoms with van der Waals surface area (Å²) in [6, 6.07) is 5.91. The van der Waals surface area contributed by atoms with Crippen molar-refractivity contribution < 1.29 is 4.39 Å². The van der Waals surface area contributed by atoms with E-state index in [1.54, 1.807) is 12.1 Å².